The van der Waals surface area contributed by atoms with Gasteiger partial charge in [0.05, 0.1) is 5.60 Å². The smallest absolute Gasteiger partial charge is 0.0766 e. The second kappa shape index (κ2) is 7.34. The van der Waals surface area contributed by atoms with E-state index >= 15 is 0 Å². The largest absolute Gasteiger partial charge is 0.396 e. The third-order valence-corrected chi connectivity index (χ3v) is 4.48. The normalized spacial score (nSPS) is 26.1. The summed E-state index contributed by atoms with van der Waals surface area (Å²) in [5.74, 6) is 1.05. The Morgan fingerprint density at radius 2 is 1.71 bits per heavy atom. The van der Waals surface area contributed by atoms with Crippen LogP contribution in [0.3, 0.4) is 0 Å². The summed E-state index contributed by atoms with van der Waals surface area (Å²) < 4.78 is 0. The third-order valence-electron chi connectivity index (χ3n) is 4.48. The molecule has 0 spiro atoms. The highest BCUT2D eigenvalue weighted by molar-refractivity contribution is 4.81. The molecule has 3 heteroatoms. The van der Waals surface area contributed by atoms with E-state index in [0.29, 0.717) is 25.0 Å². The van der Waals surface area contributed by atoms with Crippen LogP contribution in [-0.2, 0) is 0 Å². The van der Waals surface area contributed by atoms with Gasteiger partial charge < -0.3 is 15.5 Å². The van der Waals surface area contributed by atoms with E-state index in [1.54, 1.807) is 0 Å². The number of hydrogen-bond donors (Lipinski definition) is 3. The zero-order chi connectivity index (χ0) is 12.7. The molecule has 0 aromatic heterocycles. The van der Waals surface area contributed by atoms with Crippen molar-refractivity contribution >= 4 is 0 Å². The minimum Gasteiger partial charge on any atom is -0.396 e. The average Bonchev–Trinajstić information content (AvgIpc) is 2.39. The minimum absolute atomic E-state index is 0.318. The van der Waals surface area contributed by atoms with E-state index in [0.717, 1.165) is 25.8 Å². The molecular weight excluding hydrogens is 214 g/mol. The summed E-state index contributed by atoms with van der Waals surface area (Å²) in [6.45, 7) is 5.99. The van der Waals surface area contributed by atoms with Crippen molar-refractivity contribution in [2.45, 2.75) is 58.0 Å². The fourth-order valence-electron chi connectivity index (χ4n) is 2.78. The Balaban J connectivity index is 2.29. The predicted molar refractivity (Wildman–Crippen MR) is 70.9 cm³/mol. The summed E-state index contributed by atoms with van der Waals surface area (Å²) in [7, 11) is 0. The Hall–Kier alpha value is -0.120. The van der Waals surface area contributed by atoms with Crippen molar-refractivity contribution in [3.63, 3.8) is 0 Å². The van der Waals surface area contributed by atoms with Crippen LogP contribution in [0.5, 0.6) is 0 Å². The standard InChI is InChI=1S/C14H29NO2/c1-3-14(17,4-2)11-15-9-12-7-5-6-8-13(12)10-16/h12-13,15-17H,3-11H2,1-2H3. The highest BCUT2D eigenvalue weighted by atomic mass is 16.3. The van der Waals surface area contributed by atoms with E-state index in [2.05, 4.69) is 5.32 Å². The Labute approximate surface area is 106 Å². The zero-order valence-electron chi connectivity index (χ0n) is 11.4. The lowest BCUT2D eigenvalue weighted by molar-refractivity contribution is 0.0295. The average molecular weight is 243 g/mol. The van der Waals surface area contributed by atoms with E-state index in [1.165, 1.54) is 19.3 Å². The van der Waals surface area contributed by atoms with Gasteiger partial charge in [-0.05, 0) is 44.1 Å². The molecule has 1 saturated carbocycles. The first-order valence-corrected chi connectivity index (χ1v) is 7.19. The molecule has 3 nitrogen and oxygen atoms in total. The van der Waals surface area contributed by atoms with Gasteiger partial charge in [0.2, 0.25) is 0 Å². The first-order chi connectivity index (χ1) is 8.15. The van der Waals surface area contributed by atoms with Crippen LogP contribution >= 0.6 is 0 Å². The van der Waals surface area contributed by atoms with Crippen molar-refractivity contribution in [2.75, 3.05) is 19.7 Å². The third kappa shape index (κ3) is 4.57. The Kier molecular flexibility index (Phi) is 6.45. The van der Waals surface area contributed by atoms with Crippen molar-refractivity contribution in [1.29, 1.82) is 0 Å². The molecule has 1 aliphatic rings. The Morgan fingerprint density at radius 1 is 1.12 bits per heavy atom. The van der Waals surface area contributed by atoms with Crippen LogP contribution in [0.1, 0.15) is 52.4 Å². The van der Waals surface area contributed by atoms with Gasteiger partial charge in [0.25, 0.3) is 0 Å². The quantitative estimate of drug-likeness (QED) is 0.640. The SMILES string of the molecule is CCC(O)(CC)CNCC1CCCCC1CO. The zero-order valence-corrected chi connectivity index (χ0v) is 11.4. The summed E-state index contributed by atoms with van der Waals surface area (Å²) in [6.07, 6.45) is 6.52. The van der Waals surface area contributed by atoms with Gasteiger partial charge in [-0.3, -0.25) is 0 Å². The van der Waals surface area contributed by atoms with E-state index in [1.807, 2.05) is 13.8 Å². The van der Waals surface area contributed by atoms with Crippen LogP contribution < -0.4 is 5.32 Å². The number of aliphatic hydroxyl groups excluding tert-OH is 1. The monoisotopic (exact) mass is 243 g/mol. The van der Waals surface area contributed by atoms with E-state index in [-0.39, 0.29) is 0 Å². The van der Waals surface area contributed by atoms with Gasteiger partial charge in [0.15, 0.2) is 0 Å². The molecule has 1 rings (SSSR count). The van der Waals surface area contributed by atoms with Crippen molar-refractivity contribution in [3.05, 3.63) is 0 Å². The summed E-state index contributed by atoms with van der Waals surface area (Å²) >= 11 is 0. The summed E-state index contributed by atoms with van der Waals surface area (Å²) in [6, 6.07) is 0. The maximum atomic E-state index is 10.2. The lowest BCUT2D eigenvalue weighted by Gasteiger charge is -2.32. The molecule has 0 aromatic carbocycles. The maximum absolute atomic E-state index is 10.2. The van der Waals surface area contributed by atoms with Gasteiger partial charge in [-0.25, -0.2) is 0 Å². The first-order valence-electron chi connectivity index (χ1n) is 7.19. The summed E-state index contributed by atoms with van der Waals surface area (Å²) in [5, 5.41) is 22.9. The number of hydrogen-bond acceptors (Lipinski definition) is 3. The topological polar surface area (TPSA) is 52.5 Å². The number of nitrogens with one attached hydrogen (secondary N) is 1. The predicted octanol–water partition coefficient (Wildman–Crippen LogP) is 1.93. The van der Waals surface area contributed by atoms with Gasteiger partial charge in [0, 0.05) is 13.2 Å². The minimum atomic E-state index is -0.552. The van der Waals surface area contributed by atoms with Crippen LogP contribution in [0.15, 0.2) is 0 Å². The molecule has 0 heterocycles. The highest BCUT2D eigenvalue weighted by Gasteiger charge is 2.26. The van der Waals surface area contributed by atoms with Crippen molar-refractivity contribution in [2.24, 2.45) is 11.8 Å². The highest BCUT2D eigenvalue weighted by Crippen LogP contribution is 2.29. The number of rotatable bonds is 7. The molecule has 17 heavy (non-hydrogen) atoms. The van der Waals surface area contributed by atoms with Gasteiger partial charge in [-0.2, -0.15) is 0 Å². The van der Waals surface area contributed by atoms with E-state index in [4.69, 9.17) is 0 Å². The van der Waals surface area contributed by atoms with E-state index in [9.17, 15) is 10.2 Å². The molecule has 0 bridgehead atoms. The summed E-state index contributed by atoms with van der Waals surface area (Å²) in [4.78, 5) is 0. The van der Waals surface area contributed by atoms with Gasteiger partial charge in [-0.1, -0.05) is 26.7 Å². The lowest BCUT2D eigenvalue weighted by Crippen LogP contribution is -2.42. The van der Waals surface area contributed by atoms with Crippen LogP contribution in [0.4, 0.5) is 0 Å². The van der Waals surface area contributed by atoms with Crippen LogP contribution in [0.2, 0.25) is 0 Å². The van der Waals surface area contributed by atoms with E-state index < -0.39 is 5.60 Å². The molecule has 2 unspecified atom stereocenters. The molecule has 3 N–H and O–H groups in total. The molecule has 0 amide bonds. The molecule has 1 aliphatic carbocycles. The first kappa shape index (κ1) is 14.9. The fourth-order valence-corrected chi connectivity index (χ4v) is 2.78. The van der Waals surface area contributed by atoms with Gasteiger partial charge in [0.1, 0.15) is 0 Å². The molecule has 0 aliphatic heterocycles. The van der Waals surface area contributed by atoms with Crippen LogP contribution in [0.25, 0.3) is 0 Å². The second-order valence-corrected chi connectivity index (χ2v) is 5.55. The van der Waals surface area contributed by atoms with Crippen molar-refractivity contribution in [1.82, 2.24) is 5.32 Å². The molecule has 102 valence electrons. The second-order valence-electron chi connectivity index (χ2n) is 5.55. The Morgan fingerprint density at radius 3 is 2.24 bits per heavy atom. The fraction of sp³-hybridized carbons (Fsp3) is 1.00. The van der Waals surface area contributed by atoms with Gasteiger partial charge in [-0.15, -0.1) is 0 Å². The molecule has 0 radical (unpaired) electrons. The Bertz CT molecular complexity index is 204. The molecule has 1 fully saturated rings. The number of aliphatic hydroxyl groups is 2. The molecular formula is C14H29NO2. The lowest BCUT2D eigenvalue weighted by atomic mass is 9.79. The summed E-state index contributed by atoms with van der Waals surface area (Å²) in [5.41, 5.74) is -0.552. The van der Waals surface area contributed by atoms with Crippen molar-refractivity contribution in [3.8, 4) is 0 Å². The van der Waals surface area contributed by atoms with Gasteiger partial charge >= 0.3 is 0 Å². The molecule has 0 aromatic rings. The molecule has 0 saturated heterocycles. The van der Waals surface area contributed by atoms with Crippen LogP contribution in [-0.4, -0.2) is 35.5 Å². The van der Waals surface area contributed by atoms with Crippen molar-refractivity contribution < 1.29 is 10.2 Å². The van der Waals surface area contributed by atoms with Crippen LogP contribution in [0, 0.1) is 11.8 Å². The molecule has 2 atom stereocenters. The maximum Gasteiger partial charge on any atom is 0.0766 e.